The Morgan fingerprint density at radius 1 is 1.32 bits per heavy atom. The predicted molar refractivity (Wildman–Crippen MR) is 75.1 cm³/mol. The Balaban J connectivity index is 1.89. The molecule has 0 amide bonds. The fourth-order valence-corrected chi connectivity index (χ4v) is 3.18. The van der Waals surface area contributed by atoms with Crippen LogP contribution in [0.2, 0.25) is 0 Å². The number of hydrogen-bond donors (Lipinski definition) is 1. The summed E-state index contributed by atoms with van der Waals surface area (Å²) in [4.78, 5) is 13.9. The molecule has 3 rings (SSSR count). The van der Waals surface area contributed by atoms with Crippen LogP contribution in [-0.2, 0) is 4.79 Å². The van der Waals surface area contributed by atoms with Gasteiger partial charge in [0.1, 0.15) is 5.60 Å². The third-order valence-electron chi connectivity index (χ3n) is 4.49. The van der Waals surface area contributed by atoms with Gasteiger partial charge < -0.3 is 10.0 Å². The molecule has 0 aromatic heterocycles. The first-order valence-corrected chi connectivity index (χ1v) is 6.77. The van der Waals surface area contributed by atoms with Crippen LogP contribution in [-0.4, -0.2) is 29.6 Å². The Labute approximate surface area is 113 Å². The topological polar surface area (TPSA) is 40.5 Å². The van der Waals surface area contributed by atoms with E-state index in [-0.39, 0.29) is 17.6 Å². The zero-order valence-corrected chi connectivity index (χ0v) is 11.3. The molecule has 0 unspecified atom stereocenters. The molecule has 1 heterocycles. The van der Waals surface area contributed by atoms with Crippen LogP contribution in [0.25, 0.3) is 0 Å². The van der Waals surface area contributed by atoms with Gasteiger partial charge in [0.05, 0.1) is 6.54 Å². The summed E-state index contributed by atoms with van der Waals surface area (Å²) in [6.07, 6.45) is 3.23. The molecule has 3 atom stereocenters. The van der Waals surface area contributed by atoms with Gasteiger partial charge in [-0.1, -0.05) is 24.6 Å². The zero-order chi connectivity index (χ0) is 13.6. The van der Waals surface area contributed by atoms with Crippen LogP contribution in [0, 0.1) is 18.8 Å². The molecule has 3 nitrogen and oxygen atoms in total. The Hall–Kier alpha value is -1.61. The molecular formula is C16H19NO2. The Bertz CT molecular complexity index is 534. The molecule has 0 radical (unpaired) electrons. The van der Waals surface area contributed by atoms with Crippen molar-refractivity contribution in [3.63, 3.8) is 0 Å². The number of allylic oxidation sites excluding steroid dienone is 1. The van der Waals surface area contributed by atoms with Crippen molar-refractivity contribution in [2.75, 3.05) is 18.0 Å². The number of carbonyl (C=O) groups is 1. The molecule has 0 spiro atoms. The minimum Gasteiger partial charge on any atom is -0.384 e. The van der Waals surface area contributed by atoms with E-state index < -0.39 is 5.60 Å². The van der Waals surface area contributed by atoms with Crippen molar-refractivity contribution < 1.29 is 9.90 Å². The van der Waals surface area contributed by atoms with Crippen LogP contribution in [0.1, 0.15) is 12.5 Å². The summed E-state index contributed by atoms with van der Waals surface area (Å²) in [6.45, 7) is 5.27. The van der Waals surface area contributed by atoms with Crippen LogP contribution < -0.4 is 4.90 Å². The molecule has 1 aromatic rings. The van der Waals surface area contributed by atoms with Gasteiger partial charge in [-0.25, -0.2) is 0 Å². The third kappa shape index (κ3) is 1.98. The van der Waals surface area contributed by atoms with Crippen LogP contribution >= 0.6 is 0 Å². The van der Waals surface area contributed by atoms with Gasteiger partial charge in [-0.05, 0) is 31.2 Å². The monoisotopic (exact) mass is 257 g/mol. The predicted octanol–water partition coefficient (Wildman–Crippen LogP) is 1.94. The first-order chi connectivity index (χ1) is 8.99. The second-order valence-electron chi connectivity index (χ2n) is 5.84. The highest BCUT2D eigenvalue weighted by atomic mass is 16.3. The van der Waals surface area contributed by atoms with Crippen molar-refractivity contribution >= 4 is 11.5 Å². The number of nitrogens with zero attached hydrogens (tertiary/aromatic N) is 1. The van der Waals surface area contributed by atoms with Crippen molar-refractivity contribution in [2.24, 2.45) is 11.8 Å². The van der Waals surface area contributed by atoms with Gasteiger partial charge in [0.15, 0.2) is 5.78 Å². The number of rotatable bonds is 1. The summed E-state index contributed by atoms with van der Waals surface area (Å²) in [5, 5.41) is 10.7. The van der Waals surface area contributed by atoms with Crippen LogP contribution in [0.5, 0.6) is 0 Å². The van der Waals surface area contributed by atoms with Crippen LogP contribution in [0.3, 0.4) is 0 Å². The number of β-amino-alcohol motifs (C(OH)–C–C–N with tert-alkyl or cyclic N) is 1. The van der Waals surface area contributed by atoms with E-state index in [2.05, 4.69) is 36.1 Å². The molecule has 0 saturated carbocycles. The van der Waals surface area contributed by atoms with Crippen molar-refractivity contribution in [3.8, 4) is 0 Å². The molecule has 1 N–H and O–H groups in total. The Morgan fingerprint density at radius 2 is 2.00 bits per heavy atom. The maximum atomic E-state index is 11.8. The lowest BCUT2D eigenvalue weighted by Gasteiger charge is -2.32. The maximum Gasteiger partial charge on any atom is 0.158 e. The quantitative estimate of drug-likeness (QED) is 0.836. The number of hydrogen-bond acceptors (Lipinski definition) is 3. The van der Waals surface area contributed by atoms with Crippen LogP contribution in [0.15, 0.2) is 36.4 Å². The Kier molecular flexibility index (Phi) is 2.75. The average molecular weight is 257 g/mol. The number of fused-ring (bicyclic) bond motifs is 1. The summed E-state index contributed by atoms with van der Waals surface area (Å²) < 4.78 is 0. The van der Waals surface area contributed by atoms with Crippen LogP contribution in [0.4, 0.5) is 5.69 Å². The van der Waals surface area contributed by atoms with E-state index in [1.165, 1.54) is 5.56 Å². The highest BCUT2D eigenvalue weighted by Crippen LogP contribution is 2.39. The van der Waals surface area contributed by atoms with Gasteiger partial charge in [0.2, 0.25) is 0 Å². The van der Waals surface area contributed by atoms with E-state index in [1.807, 2.05) is 6.92 Å². The lowest BCUT2D eigenvalue weighted by Crippen LogP contribution is -2.43. The molecule has 1 aromatic carbocycles. The van der Waals surface area contributed by atoms with Crippen molar-refractivity contribution in [1.82, 2.24) is 0 Å². The minimum absolute atomic E-state index is 0.00805. The van der Waals surface area contributed by atoms with Crippen molar-refractivity contribution in [2.45, 2.75) is 19.4 Å². The first kappa shape index (κ1) is 12.4. The number of aliphatic hydroxyl groups is 1. The largest absolute Gasteiger partial charge is 0.384 e. The second-order valence-corrected chi connectivity index (χ2v) is 5.84. The van der Waals surface area contributed by atoms with E-state index in [0.29, 0.717) is 6.54 Å². The van der Waals surface area contributed by atoms with Crippen molar-refractivity contribution in [3.05, 3.63) is 42.0 Å². The van der Waals surface area contributed by atoms with Gasteiger partial charge >= 0.3 is 0 Å². The number of anilines is 1. The third-order valence-corrected chi connectivity index (χ3v) is 4.49. The fraction of sp³-hybridized carbons (Fsp3) is 0.438. The van der Waals surface area contributed by atoms with Crippen molar-refractivity contribution in [1.29, 1.82) is 0 Å². The highest BCUT2D eigenvalue weighted by Gasteiger charge is 2.49. The van der Waals surface area contributed by atoms with Gasteiger partial charge in [-0.2, -0.15) is 0 Å². The summed E-state index contributed by atoms with van der Waals surface area (Å²) in [7, 11) is 0. The molecule has 100 valence electrons. The van der Waals surface area contributed by atoms with Gasteiger partial charge in [0.25, 0.3) is 0 Å². The van der Waals surface area contributed by atoms with E-state index in [0.717, 1.165) is 12.2 Å². The molecule has 1 aliphatic heterocycles. The smallest absolute Gasteiger partial charge is 0.158 e. The van der Waals surface area contributed by atoms with E-state index in [4.69, 9.17) is 0 Å². The number of ketones is 1. The molecule has 19 heavy (non-hydrogen) atoms. The normalized spacial score (nSPS) is 33.6. The summed E-state index contributed by atoms with van der Waals surface area (Å²) in [5.41, 5.74) is 1.47. The van der Waals surface area contributed by atoms with E-state index in [9.17, 15) is 9.90 Å². The SMILES string of the molecule is Cc1ccc(N2C[C@@H]3[C@@H](C)C(=O)C=C[C@@]3(O)C2)cc1. The zero-order valence-electron chi connectivity index (χ0n) is 11.3. The number of aryl methyl sites for hydroxylation is 1. The first-order valence-electron chi connectivity index (χ1n) is 6.77. The Morgan fingerprint density at radius 3 is 2.68 bits per heavy atom. The summed E-state index contributed by atoms with van der Waals surface area (Å²) >= 11 is 0. The second kappa shape index (κ2) is 4.20. The lowest BCUT2D eigenvalue weighted by atomic mass is 9.75. The molecule has 2 aliphatic rings. The minimum atomic E-state index is -0.863. The van der Waals surface area contributed by atoms with Gasteiger partial charge in [-0.3, -0.25) is 4.79 Å². The molecular weight excluding hydrogens is 238 g/mol. The molecule has 1 fully saturated rings. The van der Waals surface area contributed by atoms with Gasteiger partial charge in [-0.15, -0.1) is 0 Å². The average Bonchev–Trinajstić information content (AvgIpc) is 2.74. The van der Waals surface area contributed by atoms with E-state index >= 15 is 0 Å². The number of carbonyl (C=O) groups excluding carboxylic acids is 1. The van der Waals surface area contributed by atoms with E-state index in [1.54, 1.807) is 12.2 Å². The van der Waals surface area contributed by atoms with Gasteiger partial charge in [0, 0.05) is 24.1 Å². The highest BCUT2D eigenvalue weighted by molar-refractivity contribution is 5.93. The number of benzene rings is 1. The lowest BCUT2D eigenvalue weighted by molar-refractivity contribution is -0.122. The molecule has 1 aliphatic carbocycles. The maximum absolute atomic E-state index is 11.8. The fourth-order valence-electron chi connectivity index (χ4n) is 3.18. The molecule has 1 saturated heterocycles. The summed E-state index contributed by atoms with van der Waals surface area (Å²) in [6, 6.07) is 8.30. The molecule has 3 heteroatoms. The standard InChI is InChI=1S/C16H19NO2/c1-11-3-5-13(6-4-11)17-9-14-12(2)15(18)7-8-16(14,19)10-17/h3-8,12,14,19H,9-10H2,1-2H3/t12-,14-,16-/m1/s1. The summed E-state index contributed by atoms with van der Waals surface area (Å²) in [5.74, 6) is 0.0113. The molecule has 0 bridgehead atoms.